The molecule has 0 spiro atoms. The van der Waals surface area contributed by atoms with Gasteiger partial charge in [0.05, 0.1) is 19.8 Å². The summed E-state index contributed by atoms with van der Waals surface area (Å²) < 4.78 is 21.2. The van der Waals surface area contributed by atoms with Crippen LogP contribution in [0.25, 0.3) is 0 Å². The lowest BCUT2D eigenvalue weighted by molar-refractivity contribution is 0.0446. The molecule has 5 nitrogen and oxygen atoms in total. The first-order valence-electron chi connectivity index (χ1n) is 8.39. The zero-order valence-electron chi connectivity index (χ0n) is 14.6. The molecule has 0 bridgehead atoms. The topological polar surface area (TPSA) is 54.0 Å². The van der Waals surface area contributed by atoms with Crippen molar-refractivity contribution in [3.05, 3.63) is 54.6 Å². The Labute approximate surface area is 148 Å². The van der Waals surface area contributed by atoms with Crippen molar-refractivity contribution in [3.63, 3.8) is 0 Å². The lowest BCUT2D eigenvalue weighted by atomic mass is 10.2. The van der Waals surface area contributed by atoms with E-state index in [1.807, 2.05) is 68.4 Å². The fourth-order valence-electron chi connectivity index (χ4n) is 1.91. The molecule has 2 rings (SSSR count). The van der Waals surface area contributed by atoms with Crippen molar-refractivity contribution in [2.45, 2.75) is 20.3 Å². The molecule has 0 aromatic heterocycles. The van der Waals surface area contributed by atoms with Crippen LogP contribution in [0.1, 0.15) is 20.3 Å². The highest BCUT2D eigenvalue weighted by Crippen LogP contribution is 2.23. The molecule has 0 aliphatic heterocycles. The van der Waals surface area contributed by atoms with Gasteiger partial charge in [-0.2, -0.15) is 0 Å². The van der Waals surface area contributed by atoms with Gasteiger partial charge in [0.2, 0.25) is 0 Å². The number of carbonyl (C=O) groups excluding carboxylic acids is 1. The Bertz CT molecular complexity index is 622. The van der Waals surface area contributed by atoms with E-state index in [-0.39, 0.29) is 6.61 Å². The monoisotopic (exact) mass is 344 g/mol. The third-order valence-electron chi connectivity index (χ3n) is 3.11. The first kappa shape index (κ1) is 18.6. The SMILES string of the molecule is CC(C)COC(=O)OCCCOc1ccc(Oc2ccccc2)cc1. The maximum atomic E-state index is 11.3. The fourth-order valence-corrected chi connectivity index (χ4v) is 1.91. The largest absolute Gasteiger partial charge is 0.508 e. The number of hydrogen-bond donors (Lipinski definition) is 0. The molecule has 0 aliphatic rings. The highest BCUT2D eigenvalue weighted by molar-refractivity contribution is 5.59. The zero-order valence-corrected chi connectivity index (χ0v) is 14.6. The second-order valence-electron chi connectivity index (χ2n) is 5.89. The minimum Gasteiger partial charge on any atom is -0.493 e. The normalized spacial score (nSPS) is 10.4. The highest BCUT2D eigenvalue weighted by atomic mass is 16.7. The van der Waals surface area contributed by atoms with Gasteiger partial charge in [0.15, 0.2) is 0 Å². The summed E-state index contributed by atoms with van der Waals surface area (Å²) in [4.78, 5) is 11.3. The summed E-state index contributed by atoms with van der Waals surface area (Å²) in [6.45, 7) is 5.03. The molecule has 0 heterocycles. The highest BCUT2D eigenvalue weighted by Gasteiger charge is 2.05. The molecule has 2 aromatic rings. The van der Waals surface area contributed by atoms with Gasteiger partial charge in [-0.05, 0) is 42.3 Å². The predicted molar refractivity (Wildman–Crippen MR) is 95.2 cm³/mol. The van der Waals surface area contributed by atoms with E-state index in [4.69, 9.17) is 18.9 Å². The molecule has 0 N–H and O–H groups in total. The van der Waals surface area contributed by atoms with Crippen LogP contribution < -0.4 is 9.47 Å². The smallest absolute Gasteiger partial charge is 0.493 e. The van der Waals surface area contributed by atoms with Gasteiger partial charge in [0.1, 0.15) is 17.2 Å². The molecule has 0 atom stereocenters. The van der Waals surface area contributed by atoms with Gasteiger partial charge in [0, 0.05) is 6.42 Å². The van der Waals surface area contributed by atoms with Crippen LogP contribution in [0.2, 0.25) is 0 Å². The van der Waals surface area contributed by atoms with E-state index in [0.29, 0.717) is 25.6 Å². The molecule has 134 valence electrons. The van der Waals surface area contributed by atoms with Crippen LogP contribution in [-0.2, 0) is 9.47 Å². The van der Waals surface area contributed by atoms with Crippen molar-refractivity contribution in [2.24, 2.45) is 5.92 Å². The predicted octanol–water partition coefficient (Wildman–Crippen LogP) is 5.06. The first-order valence-corrected chi connectivity index (χ1v) is 8.39. The molecule has 0 saturated carbocycles. The van der Waals surface area contributed by atoms with Gasteiger partial charge in [0.25, 0.3) is 0 Å². The summed E-state index contributed by atoms with van der Waals surface area (Å²) in [7, 11) is 0. The molecule has 0 unspecified atom stereocenters. The number of hydrogen-bond acceptors (Lipinski definition) is 5. The van der Waals surface area contributed by atoms with E-state index in [0.717, 1.165) is 17.2 Å². The van der Waals surface area contributed by atoms with Crippen LogP contribution >= 0.6 is 0 Å². The molecule has 0 radical (unpaired) electrons. The number of benzene rings is 2. The quantitative estimate of drug-likeness (QED) is 0.470. The van der Waals surface area contributed by atoms with Gasteiger partial charge >= 0.3 is 6.16 Å². The van der Waals surface area contributed by atoms with Crippen LogP contribution in [0.15, 0.2) is 54.6 Å². The Kier molecular flexibility index (Phi) is 7.63. The molecule has 0 amide bonds. The average Bonchev–Trinajstić information content (AvgIpc) is 2.62. The Hall–Kier alpha value is -2.69. The molecule has 0 fully saturated rings. The molecule has 2 aromatic carbocycles. The van der Waals surface area contributed by atoms with Crippen LogP contribution in [0.3, 0.4) is 0 Å². The van der Waals surface area contributed by atoms with E-state index < -0.39 is 6.16 Å². The van der Waals surface area contributed by atoms with E-state index >= 15 is 0 Å². The third-order valence-corrected chi connectivity index (χ3v) is 3.11. The Balaban J connectivity index is 1.62. The molecule has 0 saturated heterocycles. The van der Waals surface area contributed by atoms with Gasteiger partial charge in [-0.3, -0.25) is 0 Å². The summed E-state index contributed by atoms with van der Waals surface area (Å²) in [5.74, 6) is 2.57. The van der Waals surface area contributed by atoms with Gasteiger partial charge in [-0.25, -0.2) is 4.79 Å². The summed E-state index contributed by atoms with van der Waals surface area (Å²) in [6, 6.07) is 17.0. The van der Waals surface area contributed by atoms with E-state index in [9.17, 15) is 4.79 Å². The lowest BCUT2D eigenvalue weighted by Crippen LogP contribution is -2.13. The van der Waals surface area contributed by atoms with Gasteiger partial charge in [-0.1, -0.05) is 32.0 Å². The number of para-hydroxylation sites is 1. The second kappa shape index (κ2) is 10.2. The van der Waals surface area contributed by atoms with E-state index in [1.54, 1.807) is 0 Å². The van der Waals surface area contributed by atoms with E-state index in [1.165, 1.54) is 0 Å². The van der Waals surface area contributed by atoms with Crippen LogP contribution in [0.5, 0.6) is 17.2 Å². The van der Waals surface area contributed by atoms with Crippen molar-refractivity contribution >= 4 is 6.16 Å². The average molecular weight is 344 g/mol. The minimum atomic E-state index is -0.629. The standard InChI is InChI=1S/C20H24O5/c1-16(2)15-24-20(21)23-14-6-13-22-17-9-11-19(12-10-17)25-18-7-4-3-5-8-18/h3-5,7-12,16H,6,13-15H2,1-2H3. The third kappa shape index (κ3) is 7.61. The van der Waals surface area contributed by atoms with Crippen LogP contribution in [0.4, 0.5) is 4.79 Å². The number of ether oxygens (including phenoxy) is 4. The van der Waals surface area contributed by atoms with Crippen molar-refractivity contribution < 1.29 is 23.7 Å². The summed E-state index contributed by atoms with van der Waals surface area (Å²) in [5.41, 5.74) is 0. The van der Waals surface area contributed by atoms with Crippen molar-refractivity contribution in [2.75, 3.05) is 19.8 Å². The summed E-state index contributed by atoms with van der Waals surface area (Å²) in [6.07, 6.45) is -0.0323. The fraction of sp³-hybridized carbons (Fsp3) is 0.350. The van der Waals surface area contributed by atoms with Crippen molar-refractivity contribution in [1.82, 2.24) is 0 Å². The van der Waals surface area contributed by atoms with E-state index in [2.05, 4.69) is 0 Å². The van der Waals surface area contributed by atoms with Crippen molar-refractivity contribution in [3.8, 4) is 17.2 Å². The van der Waals surface area contributed by atoms with Gasteiger partial charge in [-0.15, -0.1) is 0 Å². The first-order chi connectivity index (χ1) is 12.1. The minimum absolute atomic E-state index is 0.270. The maximum absolute atomic E-state index is 11.3. The zero-order chi connectivity index (χ0) is 17.9. The number of rotatable bonds is 9. The van der Waals surface area contributed by atoms with Crippen LogP contribution in [0, 0.1) is 5.92 Å². The Morgan fingerprint density at radius 3 is 2.16 bits per heavy atom. The molecule has 0 aliphatic carbocycles. The van der Waals surface area contributed by atoms with Gasteiger partial charge < -0.3 is 18.9 Å². The van der Waals surface area contributed by atoms with Crippen LogP contribution in [-0.4, -0.2) is 26.0 Å². The number of carbonyl (C=O) groups is 1. The summed E-state index contributed by atoms with van der Waals surface area (Å²) in [5, 5.41) is 0. The summed E-state index contributed by atoms with van der Waals surface area (Å²) >= 11 is 0. The lowest BCUT2D eigenvalue weighted by Gasteiger charge is -2.09. The maximum Gasteiger partial charge on any atom is 0.508 e. The molecular weight excluding hydrogens is 320 g/mol. The second-order valence-corrected chi connectivity index (χ2v) is 5.89. The molecule has 25 heavy (non-hydrogen) atoms. The van der Waals surface area contributed by atoms with Crippen molar-refractivity contribution in [1.29, 1.82) is 0 Å². The Morgan fingerprint density at radius 2 is 1.48 bits per heavy atom. The molecule has 5 heteroatoms. The molecular formula is C20H24O5. The Morgan fingerprint density at radius 1 is 0.840 bits per heavy atom.